The Hall–Kier alpha value is -0.0700. The molecule has 0 fully saturated rings. The second-order valence-electron chi connectivity index (χ2n) is 4.13. The first-order chi connectivity index (χ1) is 9.27. The van der Waals surface area contributed by atoms with Gasteiger partial charge in [-0.3, -0.25) is 0 Å². The van der Waals surface area contributed by atoms with Gasteiger partial charge in [-0.25, -0.2) is 0 Å². The van der Waals surface area contributed by atoms with E-state index in [1.165, 1.54) is 14.9 Å². The largest absolute Gasteiger partial charge is 0.385 e. The summed E-state index contributed by atoms with van der Waals surface area (Å²) < 4.78 is 11.2. The van der Waals surface area contributed by atoms with Crippen LogP contribution in [-0.4, -0.2) is 39.7 Å². The molecule has 1 N–H and O–H groups in total. The zero-order valence-corrected chi connectivity index (χ0v) is 14.0. The minimum atomic E-state index is 0.745. The number of thioether (sulfide) groups is 1. The van der Waals surface area contributed by atoms with Crippen LogP contribution in [0.3, 0.4) is 0 Å². The fraction of sp³-hybridized carbons (Fsp3) is 0.571. The van der Waals surface area contributed by atoms with Gasteiger partial charge >= 0.3 is 0 Å². The smallest absolute Gasteiger partial charge is 0.0587 e. The molecule has 0 atom stereocenters. The lowest BCUT2D eigenvalue weighted by atomic mass is 10.2. The van der Waals surface area contributed by atoms with Crippen LogP contribution in [0.15, 0.2) is 27.6 Å². The van der Waals surface area contributed by atoms with Crippen LogP contribution in [-0.2, 0) is 16.0 Å². The number of halogens is 1. The Morgan fingerprint density at radius 3 is 2.68 bits per heavy atom. The highest BCUT2D eigenvalue weighted by molar-refractivity contribution is 9.10. The molecule has 108 valence electrons. The molecule has 0 radical (unpaired) electrons. The zero-order chi connectivity index (χ0) is 13.9. The summed E-state index contributed by atoms with van der Waals surface area (Å²) in [7, 11) is 3.46. The Morgan fingerprint density at radius 1 is 1.21 bits per heavy atom. The summed E-state index contributed by atoms with van der Waals surface area (Å²) in [6.45, 7) is 3.32. The van der Waals surface area contributed by atoms with Gasteiger partial charge in [0.25, 0.3) is 0 Å². The van der Waals surface area contributed by atoms with Crippen LogP contribution < -0.4 is 5.32 Å². The Balaban J connectivity index is 2.36. The summed E-state index contributed by atoms with van der Waals surface area (Å²) in [4.78, 5) is 1.29. The summed E-state index contributed by atoms with van der Waals surface area (Å²) in [5.41, 5.74) is 1.28. The zero-order valence-electron chi connectivity index (χ0n) is 11.6. The normalized spacial score (nSPS) is 10.9. The standard InChI is InChI=1S/C14H22BrNO2S/c1-17-7-3-9-19-14-5-4-12(10-13(14)15)11-16-6-8-18-2/h4-5,10,16H,3,6-9,11H2,1-2H3. The minimum Gasteiger partial charge on any atom is -0.385 e. The average Bonchev–Trinajstić information content (AvgIpc) is 2.42. The molecule has 0 saturated carbocycles. The van der Waals surface area contributed by atoms with Crippen LogP contribution in [0.25, 0.3) is 0 Å². The third kappa shape index (κ3) is 7.32. The van der Waals surface area contributed by atoms with Crippen molar-refractivity contribution in [3.8, 4) is 0 Å². The number of hydrogen-bond donors (Lipinski definition) is 1. The number of nitrogens with one attached hydrogen (secondary N) is 1. The minimum absolute atomic E-state index is 0.745. The molecule has 0 aliphatic heterocycles. The van der Waals surface area contributed by atoms with Crippen molar-refractivity contribution in [2.24, 2.45) is 0 Å². The van der Waals surface area contributed by atoms with Gasteiger partial charge in [-0.05, 0) is 40.0 Å². The molecule has 1 aromatic carbocycles. The van der Waals surface area contributed by atoms with E-state index in [-0.39, 0.29) is 0 Å². The van der Waals surface area contributed by atoms with Crippen molar-refractivity contribution in [3.05, 3.63) is 28.2 Å². The summed E-state index contributed by atoms with van der Waals surface area (Å²) >= 11 is 5.49. The molecule has 0 heterocycles. The quantitative estimate of drug-likeness (QED) is 0.519. The summed E-state index contributed by atoms with van der Waals surface area (Å²) in [6, 6.07) is 6.52. The Morgan fingerprint density at radius 2 is 2.00 bits per heavy atom. The van der Waals surface area contributed by atoms with Gasteiger partial charge in [0.15, 0.2) is 0 Å². The first-order valence-corrected chi connectivity index (χ1v) is 8.15. The number of methoxy groups -OCH3 is 2. The molecule has 5 heteroatoms. The van der Waals surface area contributed by atoms with Gasteiger partial charge in [0.1, 0.15) is 0 Å². The number of benzene rings is 1. The lowest BCUT2D eigenvalue weighted by Crippen LogP contribution is -2.18. The van der Waals surface area contributed by atoms with Crippen LogP contribution in [0.4, 0.5) is 0 Å². The second-order valence-corrected chi connectivity index (χ2v) is 6.12. The first-order valence-electron chi connectivity index (χ1n) is 6.37. The summed E-state index contributed by atoms with van der Waals surface area (Å²) in [5, 5.41) is 3.34. The van der Waals surface area contributed by atoms with E-state index in [9.17, 15) is 0 Å². The third-order valence-corrected chi connectivity index (χ3v) is 4.64. The average molecular weight is 348 g/mol. The number of hydrogen-bond acceptors (Lipinski definition) is 4. The Labute approximate surface area is 128 Å². The van der Waals surface area contributed by atoms with Crippen molar-refractivity contribution in [1.29, 1.82) is 0 Å². The Bertz CT molecular complexity index is 363. The molecular formula is C14H22BrNO2S. The van der Waals surface area contributed by atoms with Gasteiger partial charge in [0.05, 0.1) is 6.61 Å². The molecule has 19 heavy (non-hydrogen) atoms. The molecule has 0 aromatic heterocycles. The van der Waals surface area contributed by atoms with Gasteiger partial charge in [-0.1, -0.05) is 6.07 Å². The second kappa shape index (κ2) is 10.7. The Kier molecular flexibility index (Phi) is 9.55. The summed E-state index contributed by atoms with van der Waals surface area (Å²) in [6.07, 6.45) is 1.08. The van der Waals surface area contributed by atoms with Crippen molar-refractivity contribution in [3.63, 3.8) is 0 Å². The highest BCUT2D eigenvalue weighted by atomic mass is 79.9. The van der Waals surface area contributed by atoms with Crippen molar-refractivity contribution >= 4 is 27.7 Å². The molecule has 0 aliphatic carbocycles. The predicted molar refractivity (Wildman–Crippen MR) is 84.9 cm³/mol. The lowest BCUT2D eigenvalue weighted by Gasteiger charge is -2.08. The SMILES string of the molecule is COCCCSc1ccc(CNCCOC)cc1Br. The molecule has 1 rings (SSSR count). The molecule has 0 aliphatic rings. The van der Waals surface area contributed by atoms with Crippen LogP contribution in [0.2, 0.25) is 0 Å². The molecule has 0 saturated heterocycles. The molecule has 1 aromatic rings. The molecule has 0 amide bonds. The van der Waals surface area contributed by atoms with Gasteiger partial charge in [0.2, 0.25) is 0 Å². The van der Waals surface area contributed by atoms with Gasteiger partial charge in [0, 0.05) is 49.0 Å². The maximum atomic E-state index is 5.05. The van der Waals surface area contributed by atoms with E-state index in [4.69, 9.17) is 9.47 Å². The van der Waals surface area contributed by atoms with Crippen LogP contribution >= 0.6 is 27.7 Å². The van der Waals surface area contributed by atoms with E-state index in [0.29, 0.717) is 0 Å². The van der Waals surface area contributed by atoms with Crippen molar-refractivity contribution in [2.45, 2.75) is 17.9 Å². The topological polar surface area (TPSA) is 30.5 Å². The molecule has 0 unspecified atom stereocenters. The van der Waals surface area contributed by atoms with E-state index >= 15 is 0 Å². The van der Waals surface area contributed by atoms with Gasteiger partial charge < -0.3 is 14.8 Å². The van der Waals surface area contributed by atoms with E-state index in [1.807, 2.05) is 11.8 Å². The number of ether oxygens (including phenoxy) is 2. The maximum Gasteiger partial charge on any atom is 0.0587 e. The molecule has 0 spiro atoms. The fourth-order valence-corrected chi connectivity index (χ4v) is 3.18. The molecular weight excluding hydrogens is 326 g/mol. The third-order valence-electron chi connectivity index (χ3n) is 2.56. The van der Waals surface area contributed by atoms with Crippen LogP contribution in [0, 0.1) is 0 Å². The van der Waals surface area contributed by atoms with E-state index in [0.717, 1.165) is 38.5 Å². The summed E-state index contributed by atoms with van der Waals surface area (Å²) in [5.74, 6) is 1.08. The van der Waals surface area contributed by atoms with Crippen molar-refractivity contribution in [1.82, 2.24) is 5.32 Å². The van der Waals surface area contributed by atoms with Crippen LogP contribution in [0.5, 0.6) is 0 Å². The monoisotopic (exact) mass is 347 g/mol. The molecule has 0 bridgehead atoms. The van der Waals surface area contributed by atoms with Gasteiger partial charge in [-0.2, -0.15) is 0 Å². The predicted octanol–water partition coefficient (Wildman–Crippen LogP) is 3.31. The highest BCUT2D eigenvalue weighted by Gasteiger charge is 2.02. The first kappa shape index (κ1) is 17.0. The number of rotatable bonds is 10. The maximum absolute atomic E-state index is 5.05. The lowest BCUT2D eigenvalue weighted by molar-refractivity contribution is 0.199. The van der Waals surface area contributed by atoms with Gasteiger partial charge in [-0.15, -0.1) is 11.8 Å². The van der Waals surface area contributed by atoms with E-state index in [2.05, 4.69) is 39.4 Å². The van der Waals surface area contributed by atoms with Crippen LogP contribution in [0.1, 0.15) is 12.0 Å². The highest BCUT2D eigenvalue weighted by Crippen LogP contribution is 2.28. The van der Waals surface area contributed by atoms with E-state index in [1.54, 1.807) is 14.2 Å². The van der Waals surface area contributed by atoms with E-state index < -0.39 is 0 Å². The fourth-order valence-electron chi connectivity index (χ4n) is 1.56. The molecule has 3 nitrogen and oxygen atoms in total. The van der Waals surface area contributed by atoms with Crippen molar-refractivity contribution < 1.29 is 9.47 Å². The van der Waals surface area contributed by atoms with Crippen molar-refractivity contribution in [2.75, 3.05) is 39.7 Å².